The molecule has 1 aliphatic heterocycles. The van der Waals surface area contributed by atoms with Crippen molar-refractivity contribution in [3.05, 3.63) is 39.9 Å². The van der Waals surface area contributed by atoms with Gasteiger partial charge in [-0.25, -0.2) is 15.0 Å². The smallest absolute Gasteiger partial charge is 0.308 e. The molecule has 0 spiro atoms. The van der Waals surface area contributed by atoms with E-state index in [1.165, 1.54) is 25.4 Å². The first-order chi connectivity index (χ1) is 25.2. The van der Waals surface area contributed by atoms with Gasteiger partial charge < -0.3 is 29.7 Å². The van der Waals surface area contributed by atoms with Crippen LogP contribution in [0.1, 0.15) is 92.8 Å². The van der Waals surface area contributed by atoms with Gasteiger partial charge >= 0.3 is 11.9 Å². The highest BCUT2D eigenvalue weighted by Crippen LogP contribution is 2.35. The number of thiazole rings is 1. The molecule has 3 amide bonds. The van der Waals surface area contributed by atoms with Crippen LogP contribution in [0.2, 0.25) is 0 Å². The second-order valence-corrected chi connectivity index (χ2v) is 15.6. The summed E-state index contributed by atoms with van der Waals surface area (Å²) in [4.78, 5) is 82.5. The summed E-state index contributed by atoms with van der Waals surface area (Å²) in [5, 5.41) is 8.00. The van der Waals surface area contributed by atoms with E-state index in [9.17, 15) is 24.0 Å². The normalized spacial score (nSPS) is 19.0. The highest BCUT2D eigenvalue weighted by Gasteiger charge is 2.38. The molecule has 1 aliphatic carbocycles. The van der Waals surface area contributed by atoms with Crippen LogP contribution in [-0.2, 0) is 39.8 Å². The van der Waals surface area contributed by atoms with Gasteiger partial charge in [-0.1, -0.05) is 33.6 Å². The predicted molar refractivity (Wildman–Crippen MR) is 197 cm³/mol. The molecule has 0 aromatic carbocycles. The number of ether oxygens (including phenoxy) is 3. The standard InChI is InChI=1S/C37H55N7O8S/c1-21(2)29(44(7)36(48)27(14-25-9-10-25)41-34(47)30-19-51-12-11-43(30)6)16-31(52-24(5)45)35-42-28(20-53-35)33(46)40-26(13-23(4)37(49)50-8)15-32-38-17-22(3)18-39-32/h17-18,20-21,23,25-27,29-31H,9-16,19H2,1-8H3,(H,40,46)(H,41,47)/t23-,26+,27-,29+,30+,31+/m0/s1. The van der Waals surface area contributed by atoms with Crippen LogP contribution >= 0.6 is 11.3 Å². The summed E-state index contributed by atoms with van der Waals surface area (Å²) in [6, 6.07) is -2.09. The summed E-state index contributed by atoms with van der Waals surface area (Å²) in [6.45, 7) is 10.3. The molecule has 6 atom stereocenters. The fraction of sp³-hybridized carbons (Fsp3) is 0.676. The van der Waals surface area contributed by atoms with Crippen LogP contribution in [0.4, 0.5) is 0 Å². The topological polar surface area (TPSA) is 182 Å². The third kappa shape index (κ3) is 12.3. The van der Waals surface area contributed by atoms with Crippen molar-refractivity contribution in [1.29, 1.82) is 0 Å². The minimum absolute atomic E-state index is 0.0542. The third-order valence-corrected chi connectivity index (χ3v) is 10.8. The molecule has 0 bridgehead atoms. The number of carbonyl (C=O) groups is 5. The van der Waals surface area contributed by atoms with Crippen LogP contribution in [-0.4, -0.2) is 120 Å². The minimum Gasteiger partial charge on any atom is -0.469 e. The van der Waals surface area contributed by atoms with E-state index >= 15 is 0 Å². The second kappa shape index (κ2) is 19.3. The van der Waals surface area contributed by atoms with Gasteiger partial charge in [0.05, 0.1) is 26.2 Å². The van der Waals surface area contributed by atoms with E-state index in [0.717, 1.165) is 18.4 Å². The van der Waals surface area contributed by atoms with Crippen LogP contribution in [0.15, 0.2) is 17.8 Å². The number of nitrogens with zero attached hydrogens (tertiary/aromatic N) is 5. The number of rotatable bonds is 18. The molecular formula is C37H55N7O8S. The number of esters is 2. The zero-order chi connectivity index (χ0) is 38.8. The molecule has 2 N–H and O–H groups in total. The first-order valence-electron chi connectivity index (χ1n) is 18.3. The summed E-state index contributed by atoms with van der Waals surface area (Å²) in [5.41, 5.74) is 1.02. The van der Waals surface area contributed by atoms with Gasteiger partial charge in [0.25, 0.3) is 5.91 Å². The Morgan fingerprint density at radius 3 is 2.40 bits per heavy atom. The Labute approximate surface area is 315 Å². The Bertz CT molecular complexity index is 1570. The lowest BCUT2D eigenvalue weighted by Gasteiger charge is -2.37. The fourth-order valence-corrected chi connectivity index (χ4v) is 7.35. The van der Waals surface area contributed by atoms with Crippen LogP contribution in [0.5, 0.6) is 0 Å². The van der Waals surface area contributed by atoms with Crippen molar-refractivity contribution in [3.63, 3.8) is 0 Å². The van der Waals surface area contributed by atoms with Crippen molar-refractivity contribution in [2.75, 3.05) is 41.0 Å². The summed E-state index contributed by atoms with van der Waals surface area (Å²) in [5.74, 6) is -1.51. The lowest BCUT2D eigenvalue weighted by Crippen LogP contribution is -2.58. The summed E-state index contributed by atoms with van der Waals surface area (Å²) in [6.07, 6.45) is 5.91. The molecule has 16 heteroatoms. The largest absolute Gasteiger partial charge is 0.469 e. The van der Waals surface area contributed by atoms with Gasteiger partial charge in [0.1, 0.15) is 28.6 Å². The molecule has 0 unspecified atom stereocenters. The average Bonchev–Trinajstić information content (AvgIpc) is 3.80. The lowest BCUT2D eigenvalue weighted by molar-refractivity contribution is -0.149. The molecule has 3 heterocycles. The average molecular weight is 758 g/mol. The van der Waals surface area contributed by atoms with Gasteiger partial charge in [-0.2, -0.15) is 0 Å². The van der Waals surface area contributed by atoms with Crippen molar-refractivity contribution in [2.24, 2.45) is 17.8 Å². The monoisotopic (exact) mass is 757 g/mol. The first-order valence-corrected chi connectivity index (χ1v) is 19.2. The Morgan fingerprint density at radius 2 is 1.79 bits per heavy atom. The maximum Gasteiger partial charge on any atom is 0.308 e. The van der Waals surface area contributed by atoms with Gasteiger partial charge in [-0.3, -0.25) is 28.9 Å². The highest BCUT2D eigenvalue weighted by molar-refractivity contribution is 7.09. The molecule has 2 aliphatic rings. The lowest BCUT2D eigenvalue weighted by atomic mass is 9.95. The van der Waals surface area contributed by atoms with Gasteiger partial charge in [-0.05, 0) is 44.2 Å². The van der Waals surface area contributed by atoms with Gasteiger partial charge in [-0.15, -0.1) is 11.3 Å². The van der Waals surface area contributed by atoms with Crippen molar-refractivity contribution in [2.45, 2.75) is 103 Å². The van der Waals surface area contributed by atoms with E-state index in [2.05, 4.69) is 25.6 Å². The van der Waals surface area contributed by atoms with Crippen LogP contribution < -0.4 is 10.6 Å². The molecule has 0 radical (unpaired) electrons. The molecule has 2 fully saturated rings. The molecule has 4 rings (SSSR count). The molecule has 2 aromatic rings. The van der Waals surface area contributed by atoms with Gasteiger partial charge in [0, 0.05) is 63.2 Å². The molecule has 2 aromatic heterocycles. The molecule has 292 valence electrons. The number of aryl methyl sites for hydroxylation is 1. The molecule has 1 saturated carbocycles. The number of nitrogens with one attached hydrogen (secondary N) is 2. The van der Waals surface area contributed by atoms with Gasteiger partial charge in [0.2, 0.25) is 11.8 Å². The third-order valence-electron chi connectivity index (χ3n) is 9.83. The van der Waals surface area contributed by atoms with E-state index in [1.807, 2.05) is 32.7 Å². The molecular weight excluding hydrogens is 703 g/mol. The fourth-order valence-electron chi connectivity index (χ4n) is 6.51. The predicted octanol–water partition coefficient (Wildman–Crippen LogP) is 2.87. The maximum absolute atomic E-state index is 14.1. The summed E-state index contributed by atoms with van der Waals surface area (Å²) in [7, 11) is 4.91. The Morgan fingerprint density at radius 1 is 1.09 bits per heavy atom. The number of aromatic nitrogens is 3. The molecule has 15 nitrogen and oxygen atoms in total. The number of carbonyl (C=O) groups excluding carboxylic acids is 5. The Hall–Kier alpha value is -4.02. The number of hydrogen-bond acceptors (Lipinski definition) is 13. The number of amides is 3. The van der Waals surface area contributed by atoms with Crippen LogP contribution in [0.25, 0.3) is 0 Å². The van der Waals surface area contributed by atoms with Crippen molar-refractivity contribution >= 4 is 41.0 Å². The second-order valence-electron chi connectivity index (χ2n) is 14.7. The zero-order valence-corrected chi connectivity index (χ0v) is 32.9. The van der Waals surface area contributed by atoms with Crippen molar-refractivity contribution in [3.8, 4) is 0 Å². The quantitative estimate of drug-likeness (QED) is 0.213. The van der Waals surface area contributed by atoms with E-state index in [0.29, 0.717) is 36.3 Å². The Balaban J connectivity index is 1.50. The number of morpholine rings is 1. The number of likely N-dealkylation sites (N-methyl/N-ethyl adjacent to an activating group) is 2. The first kappa shape index (κ1) is 41.7. The number of methoxy groups -OCH3 is 1. The SMILES string of the molecule is COC(=O)[C@@H](C)C[C@H](Cc1ncc(C)cn1)NC(=O)c1csc([C@@H](C[C@H](C(C)C)N(C)C(=O)[C@H](CC2CC2)NC(=O)[C@H]2COCCN2C)OC(C)=O)n1. The van der Waals surface area contributed by atoms with E-state index in [1.54, 1.807) is 36.6 Å². The Kier molecular flexibility index (Phi) is 15.2. The highest BCUT2D eigenvalue weighted by atomic mass is 32.1. The summed E-state index contributed by atoms with van der Waals surface area (Å²) < 4.78 is 16.2. The minimum atomic E-state index is -0.845. The van der Waals surface area contributed by atoms with Gasteiger partial charge in [0.15, 0.2) is 6.10 Å². The van der Waals surface area contributed by atoms with E-state index in [-0.39, 0.29) is 49.3 Å². The van der Waals surface area contributed by atoms with Crippen molar-refractivity contribution < 1.29 is 38.2 Å². The van der Waals surface area contributed by atoms with Crippen LogP contribution in [0.3, 0.4) is 0 Å². The van der Waals surface area contributed by atoms with E-state index in [4.69, 9.17) is 14.2 Å². The van der Waals surface area contributed by atoms with Crippen LogP contribution in [0, 0.1) is 24.7 Å². The van der Waals surface area contributed by atoms with Crippen molar-refractivity contribution in [1.82, 2.24) is 35.4 Å². The van der Waals surface area contributed by atoms with E-state index < -0.39 is 54.0 Å². The summed E-state index contributed by atoms with van der Waals surface area (Å²) >= 11 is 1.18. The molecule has 53 heavy (non-hydrogen) atoms. The molecule has 1 saturated heterocycles. The zero-order valence-electron chi connectivity index (χ0n) is 32.1. The number of hydrogen-bond donors (Lipinski definition) is 2. The maximum atomic E-state index is 14.1.